The molecule has 0 bridgehead atoms. The van der Waals surface area contributed by atoms with Crippen LogP contribution in [-0.4, -0.2) is 32.6 Å². The summed E-state index contributed by atoms with van der Waals surface area (Å²) >= 11 is 0. The molecule has 0 aliphatic carbocycles. The first-order valence-electron chi connectivity index (χ1n) is 10.1. The maximum Gasteiger partial charge on any atom is 0.151 e. The van der Waals surface area contributed by atoms with Gasteiger partial charge in [-0.1, -0.05) is 24.3 Å². The van der Waals surface area contributed by atoms with E-state index in [1.165, 1.54) is 0 Å². The fraction of sp³-hybridized carbons (Fsp3) is 0.280. The van der Waals surface area contributed by atoms with Crippen molar-refractivity contribution in [1.29, 1.82) is 0 Å². The van der Waals surface area contributed by atoms with Gasteiger partial charge in [0.05, 0.1) is 20.3 Å². The highest BCUT2D eigenvalue weighted by Crippen LogP contribution is 2.30. The lowest BCUT2D eigenvalue weighted by Crippen LogP contribution is -2.25. The van der Waals surface area contributed by atoms with E-state index >= 15 is 0 Å². The van der Waals surface area contributed by atoms with Gasteiger partial charge in [0.15, 0.2) is 6.29 Å². The highest BCUT2D eigenvalue weighted by Gasteiger charge is 2.19. The van der Waals surface area contributed by atoms with Crippen LogP contribution in [0.5, 0.6) is 11.5 Å². The summed E-state index contributed by atoms with van der Waals surface area (Å²) in [6, 6.07) is 17.8. The molecule has 162 valence electrons. The maximum atomic E-state index is 11.3. The van der Waals surface area contributed by atoms with E-state index in [0.29, 0.717) is 18.7 Å². The van der Waals surface area contributed by atoms with Gasteiger partial charge >= 0.3 is 0 Å². The van der Waals surface area contributed by atoms with Crippen LogP contribution >= 0.6 is 0 Å². The summed E-state index contributed by atoms with van der Waals surface area (Å²) in [5.41, 5.74) is 3.63. The molecule has 0 aliphatic rings. The van der Waals surface area contributed by atoms with Gasteiger partial charge in [-0.05, 0) is 48.4 Å². The Labute approximate surface area is 183 Å². The first kappa shape index (κ1) is 22.3. The number of ether oxygens (including phenoxy) is 3. The lowest BCUT2D eigenvalue weighted by Gasteiger charge is -2.28. The average Bonchev–Trinajstić information content (AvgIpc) is 2.83. The Morgan fingerprint density at radius 2 is 1.42 bits per heavy atom. The minimum absolute atomic E-state index is 0.211. The van der Waals surface area contributed by atoms with E-state index < -0.39 is 0 Å². The van der Waals surface area contributed by atoms with Gasteiger partial charge in [-0.3, -0.25) is 4.79 Å². The van der Waals surface area contributed by atoms with Gasteiger partial charge in [0.25, 0.3) is 0 Å². The quantitative estimate of drug-likeness (QED) is 0.438. The van der Waals surface area contributed by atoms with Crippen molar-refractivity contribution < 1.29 is 19.0 Å². The number of anilines is 1. The predicted molar refractivity (Wildman–Crippen MR) is 121 cm³/mol. The summed E-state index contributed by atoms with van der Waals surface area (Å²) in [6.45, 7) is 3.22. The van der Waals surface area contributed by atoms with Crippen LogP contribution in [0.15, 0.2) is 60.8 Å². The molecule has 31 heavy (non-hydrogen) atoms. The molecule has 6 nitrogen and oxygen atoms in total. The molecule has 0 saturated heterocycles. The van der Waals surface area contributed by atoms with Crippen LogP contribution in [0.3, 0.4) is 0 Å². The van der Waals surface area contributed by atoms with Crippen molar-refractivity contribution in [2.24, 2.45) is 0 Å². The smallest absolute Gasteiger partial charge is 0.151 e. The number of rotatable bonds is 10. The van der Waals surface area contributed by atoms with Gasteiger partial charge in [-0.15, -0.1) is 0 Å². The molecule has 1 aromatic heterocycles. The van der Waals surface area contributed by atoms with E-state index in [1.807, 2.05) is 61.5 Å². The molecule has 1 heterocycles. The summed E-state index contributed by atoms with van der Waals surface area (Å²) in [6.07, 6.45) is 2.19. The van der Waals surface area contributed by atoms with E-state index in [9.17, 15) is 4.79 Å². The number of aldehydes is 1. The van der Waals surface area contributed by atoms with Crippen LogP contribution in [0, 0.1) is 0 Å². The summed E-state index contributed by atoms with van der Waals surface area (Å²) in [4.78, 5) is 18.2. The van der Waals surface area contributed by atoms with Crippen molar-refractivity contribution >= 4 is 12.1 Å². The largest absolute Gasteiger partial charge is 0.497 e. The number of methoxy groups -OCH3 is 3. The minimum atomic E-state index is -0.211. The Morgan fingerprint density at radius 3 is 1.84 bits per heavy atom. The second kappa shape index (κ2) is 10.6. The Hall–Kier alpha value is -3.38. The molecule has 0 spiro atoms. The molecule has 3 rings (SSSR count). The number of hydrogen-bond acceptors (Lipinski definition) is 6. The molecule has 6 heteroatoms. The van der Waals surface area contributed by atoms with Gasteiger partial charge in [0, 0.05) is 37.5 Å². The molecule has 0 radical (unpaired) electrons. The topological polar surface area (TPSA) is 60.9 Å². The normalized spacial score (nSPS) is 11.6. The molecule has 1 unspecified atom stereocenters. The van der Waals surface area contributed by atoms with Gasteiger partial charge < -0.3 is 19.1 Å². The van der Waals surface area contributed by atoms with Crippen molar-refractivity contribution in [3.63, 3.8) is 0 Å². The van der Waals surface area contributed by atoms with Gasteiger partial charge in [0.2, 0.25) is 0 Å². The molecule has 0 aliphatic heterocycles. The number of carbonyl (C=O) groups is 1. The van der Waals surface area contributed by atoms with E-state index in [-0.39, 0.29) is 6.10 Å². The van der Waals surface area contributed by atoms with Crippen molar-refractivity contribution in [1.82, 2.24) is 4.98 Å². The standard InChI is InChI=1S/C25H28N2O4/c1-18(29-2)24-13-21(17-28)14-26-25(24)27(15-19-5-9-22(30-3)10-6-19)16-20-7-11-23(31-4)12-8-20/h5-14,17-18H,15-16H2,1-4H3. The fourth-order valence-corrected chi connectivity index (χ4v) is 3.35. The molecule has 2 aromatic carbocycles. The third kappa shape index (κ3) is 5.61. The molecule has 1 atom stereocenters. The predicted octanol–water partition coefficient (Wildman–Crippen LogP) is 4.83. The van der Waals surface area contributed by atoms with Crippen molar-refractivity contribution in [2.75, 3.05) is 26.2 Å². The van der Waals surface area contributed by atoms with Gasteiger partial charge in [0.1, 0.15) is 17.3 Å². The van der Waals surface area contributed by atoms with Crippen molar-refractivity contribution in [2.45, 2.75) is 26.1 Å². The van der Waals surface area contributed by atoms with E-state index in [4.69, 9.17) is 14.2 Å². The molecule has 0 amide bonds. The van der Waals surface area contributed by atoms with E-state index in [2.05, 4.69) is 9.88 Å². The Kier molecular flexibility index (Phi) is 7.62. The third-order valence-corrected chi connectivity index (χ3v) is 5.21. The van der Waals surface area contributed by atoms with Crippen LogP contribution < -0.4 is 14.4 Å². The third-order valence-electron chi connectivity index (χ3n) is 5.21. The summed E-state index contributed by atoms with van der Waals surface area (Å²) in [5, 5.41) is 0. The van der Waals surface area contributed by atoms with Gasteiger partial charge in [-0.2, -0.15) is 0 Å². The lowest BCUT2D eigenvalue weighted by molar-refractivity contribution is 0.111. The second-order valence-electron chi connectivity index (χ2n) is 7.23. The highest BCUT2D eigenvalue weighted by atomic mass is 16.5. The Bertz CT molecular complexity index is 938. The van der Waals surface area contributed by atoms with Crippen LogP contribution in [0.4, 0.5) is 5.82 Å². The number of benzene rings is 2. The van der Waals surface area contributed by atoms with Gasteiger partial charge in [-0.25, -0.2) is 4.98 Å². The highest BCUT2D eigenvalue weighted by molar-refractivity contribution is 5.75. The fourth-order valence-electron chi connectivity index (χ4n) is 3.35. The minimum Gasteiger partial charge on any atom is -0.497 e. The molecule has 0 saturated carbocycles. The lowest BCUT2D eigenvalue weighted by atomic mass is 10.1. The van der Waals surface area contributed by atoms with Crippen molar-refractivity contribution in [3.8, 4) is 11.5 Å². The summed E-state index contributed by atoms with van der Waals surface area (Å²) in [7, 11) is 4.96. The van der Waals surface area contributed by atoms with Crippen LogP contribution in [0.2, 0.25) is 0 Å². The maximum absolute atomic E-state index is 11.3. The zero-order valence-corrected chi connectivity index (χ0v) is 18.4. The molecular weight excluding hydrogens is 392 g/mol. The van der Waals surface area contributed by atoms with E-state index in [0.717, 1.165) is 40.3 Å². The van der Waals surface area contributed by atoms with E-state index in [1.54, 1.807) is 27.5 Å². The second-order valence-corrected chi connectivity index (χ2v) is 7.23. The average molecular weight is 421 g/mol. The first-order chi connectivity index (χ1) is 15.1. The SMILES string of the molecule is COc1ccc(CN(Cc2ccc(OC)cc2)c2ncc(C=O)cc2C(C)OC)cc1. The van der Waals surface area contributed by atoms with Crippen LogP contribution in [0.1, 0.15) is 40.1 Å². The molecule has 3 aromatic rings. The molecule has 0 fully saturated rings. The monoisotopic (exact) mass is 420 g/mol. The Balaban J connectivity index is 2.00. The number of aromatic nitrogens is 1. The molecule has 0 N–H and O–H groups in total. The van der Waals surface area contributed by atoms with Crippen LogP contribution in [-0.2, 0) is 17.8 Å². The molecular formula is C25H28N2O4. The summed E-state index contributed by atoms with van der Waals surface area (Å²) in [5.74, 6) is 2.41. The van der Waals surface area contributed by atoms with Crippen molar-refractivity contribution in [3.05, 3.63) is 83.0 Å². The van der Waals surface area contributed by atoms with Crippen LogP contribution in [0.25, 0.3) is 0 Å². The summed E-state index contributed by atoms with van der Waals surface area (Å²) < 4.78 is 16.1. The zero-order valence-electron chi connectivity index (χ0n) is 18.4. The zero-order chi connectivity index (χ0) is 22.2. The number of nitrogens with zero attached hydrogens (tertiary/aromatic N) is 2. The number of carbonyl (C=O) groups excluding carboxylic acids is 1. The number of pyridine rings is 1. The first-order valence-corrected chi connectivity index (χ1v) is 10.1. The Morgan fingerprint density at radius 1 is 0.903 bits per heavy atom. The number of hydrogen-bond donors (Lipinski definition) is 0.